The quantitative estimate of drug-likeness (QED) is 0.856. The van der Waals surface area contributed by atoms with E-state index >= 15 is 0 Å². The van der Waals surface area contributed by atoms with E-state index < -0.39 is 11.6 Å². The number of rotatable bonds is 4. The van der Waals surface area contributed by atoms with Crippen LogP contribution in [0, 0.1) is 24.5 Å². The summed E-state index contributed by atoms with van der Waals surface area (Å²) < 4.78 is 28.2. The third-order valence-electron chi connectivity index (χ3n) is 3.57. The second kappa shape index (κ2) is 5.32. The van der Waals surface area contributed by atoms with E-state index in [0.29, 0.717) is 18.0 Å². The molecule has 1 aliphatic heterocycles. The van der Waals surface area contributed by atoms with Crippen LogP contribution in [0.25, 0.3) is 0 Å². The Hall–Kier alpha value is -1.75. The molecule has 106 valence electrons. The van der Waals surface area contributed by atoms with Gasteiger partial charge >= 0.3 is 0 Å². The Balaban J connectivity index is 1.50. The van der Waals surface area contributed by atoms with E-state index in [0.717, 1.165) is 31.3 Å². The Morgan fingerprint density at radius 3 is 2.50 bits per heavy atom. The summed E-state index contributed by atoms with van der Waals surface area (Å²) >= 11 is 0. The molecule has 0 atom stereocenters. The van der Waals surface area contributed by atoms with Crippen molar-refractivity contribution in [3.05, 3.63) is 53.4 Å². The van der Waals surface area contributed by atoms with Crippen molar-refractivity contribution in [1.29, 1.82) is 0 Å². The van der Waals surface area contributed by atoms with Gasteiger partial charge < -0.3 is 0 Å². The van der Waals surface area contributed by atoms with Crippen molar-refractivity contribution in [2.75, 3.05) is 13.1 Å². The summed E-state index contributed by atoms with van der Waals surface area (Å²) in [7, 11) is 0. The Labute approximate surface area is 116 Å². The van der Waals surface area contributed by atoms with Gasteiger partial charge in [-0.25, -0.2) is 8.78 Å². The summed E-state index contributed by atoms with van der Waals surface area (Å²) in [4.78, 5) is 2.19. The van der Waals surface area contributed by atoms with Crippen LogP contribution < -0.4 is 0 Å². The van der Waals surface area contributed by atoms with Gasteiger partial charge in [-0.2, -0.15) is 5.10 Å². The Morgan fingerprint density at radius 2 is 1.90 bits per heavy atom. The smallest absolute Gasteiger partial charge is 0.126 e. The minimum Gasteiger partial charge on any atom is -0.298 e. The molecule has 5 heteroatoms. The zero-order valence-electron chi connectivity index (χ0n) is 11.4. The third kappa shape index (κ3) is 3.04. The van der Waals surface area contributed by atoms with Gasteiger partial charge in [0, 0.05) is 44.4 Å². The standard InChI is InChI=1S/C15H17F2N3/c1-11-5-18-20(6-11)10-13-8-19(9-13)7-12-2-14(16)4-15(17)3-12/h2-6,13H,7-10H2,1H3. The first-order valence-corrected chi connectivity index (χ1v) is 6.75. The first kappa shape index (κ1) is 13.2. The maximum absolute atomic E-state index is 13.1. The molecule has 20 heavy (non-hydrogen) atoms. The number of hydrogen-bond acceptors (Lipinski definition) is 2. The van der Waals surface area contributed by atoms with Crippen LogP contribution in [0.5, 0.6) is 0 Å². The lowest BCUT2D eigenvalue weighted by molar-refractivity contribution is 0.0776. The van der Waals surface area contributed by atoms with Gasteiger partial charge in [0.05, 0.1) is 6.20 Å². The number of nitrogens with zero attached hydrogens (tertiary/aromatic N) is 3. The van der Waals surface area contributed by atoms with Crippen molar-refractivity contribution in [1.82, 2.24) is 14.7 Å². The summed E-state index contributed by atoms with van der Waals surface area (Å²) in [6.45, 7) is 5.41. The number of halogens is 2. The molecule has 0 radical (unpaired) electrons. The molecule has 0 bridgehead atoms. The zero-order chi connectivity index (χ0) is 14.1. The van der Waals surface area contributed by atoms with Crippen LogP contribution in [-0.4, -0.2) is 27.8 Å². The van der Waals surface area contributed by atoms with Crippen molar-refractivity contribution in [3.63, 3.8) is 0 Å². The van der Waals surface area contributed by atoms with E-state index in [4.69, 9.17) is 0 Å². The minimum atomic E-state index is -0.510. The molecule has 0 N–H and O–H groups in total. The van der Waals surface area contributed by atoms with Crippen molar-refractivity contribution in [3.8, 4) is 0 Å². The number of likely N-dealkylation sites (tertiary alicyclic amines) is 1. The van der Waals surface area contributed by atoms with Crippen LogP contribution in [0.2, 0.25) is 0 Å². The molecular weight excluding hydrogens is 260 g/mol. The SMILES string of the molecule is Cc1cnn(CC2CN(Cc3cc(F)cc(F)c3)C2)c1. The van der Waals surface area contributed by atoms with E-state index in [-0.39, 0.29) is 0 Å². The van der Waals surface area contributed by atoms with E-state index in [9.17, 15) is 8.78 Å². The fraction of sp³-hybridized carbons (Fsp3) is 0.400. The molecule has 3 nitrogen and oxygen atoms in total. The van der Waals surface area contributed by atoms with Gasteiger partial charge in [-0.15, -0.1) is 0 Å². The summed E-state index contributed by atoms with van der Waals surface area (Å²) in [6.07, 6.45) is 3.89. The Bertz CT molecular complexity index is 583. The largest absolute Gasteiger partial charge is 0.298 e. The minimum absolute atomic E-state index is 0.510. The molecule has 2 heterocycles. The first-order chi connectivity index (χ1) is 9.58. The Kier molecular flexibility index (Phi) is 3.53. The van der Waals surface area contributed by atoms with Gasteiger partial charge in [0.1, 0.15) is 11.6 Å². The molecular formula is C15H17F2N3. The van der Waals surface area contributed by atoms with Crippen LogP contribution in [-0.2, 0) is 13.1 Å². The summed E-state index contributed by atoms with van der Waals surface area (Å²) in [5.41, 5.74) is 1.85. The monoisotopic (exact) mass is 277 g/mol. The molecule has 3 rings (SSSR count). The van der Waals surface area contributed by atoms with Gasteiger partial charge in [0.15, 0.2) is 0 Å². The van der Waals surface area contributed by atoms with Crippen molar-refractivity contribution in [2.24, 2.45) is 5.92 Å². The van der Waals surface area contributed by atoms with Crippen molar-refractivity contribution < 1.29 is 8.78 Å². The lowest BCUT2D eigenvalue weighted by Crippen LogP contribution is -2.47. The maximum Gasteiger partial charge on any atom is 0.126 e. The summed E-state index contributed by atoms with van der Waals surface area (Å²) in [6, 6.07) is 3.70. The highest BCUT2D eigenvalue weighted by Gasteiger charge is 2.27. The molecule has 1 aromatic heterocycles. The normalized spacial score (nSPS) is 16.4. The lowest BCUT2D eigenvalue weighted by Gasteiger charge is -2.39. The molecule has 0 unspecified atom stereocenters. The number of aryl methyl sites for hydroxylation is 1. The molecule has 1 aromatic carbocycles. The molecule has 1 saturated heterocycles. The highest BCUT2D eigenvalue weighted by molar-refractivity contribution is 5.18. The molecule has 0 amide bonds. The van der Waals surface area contributed by atoms with Gasteiger partial charge in [-0.05, 0) is 30.2 Å². The molecule has 1 aliphatic rings. The van der Waals surface area contributed by atoms with Crippen LogP contribution in [0.4, 0.5) is 8.78 Å². The maximum atomic E-state index is 13.1. The fourth-order valence-corrected chi connectivity index (χ4v) is 2.71. The lowest BCUT2D eigenvalue weighted by atomic mass is 9.99. The van der Waals surface area contributed by atoms with Crippen LogP contribution >= 0.6 is 0 Å². The molecule has 1 fully saturated rings. The van der Waals surface area contributed by atoms with Gasteiger partial charge in [0.25, 0.3) is 0 Å². The summed E-state index contributed by atoms with van der Waals surface area (Å²) in [5, 5.41) is 4.27. The fourth-order valence-electron chi connectivity index (χ4n) is 2.71. The highest BCUT2D eigenvalue weighted by Crippen LogP contribution is 2.21. The molecule has 0 spiro atoms. The zero-order valence-corrected chi connectivity index (χ0v) is 11.4. The summed E-state index contributed by atoms with van der Waals surface area (Å²) in [5.74, 6) is -0.458. The average Bonchev–Trinajstić information content (AvgIpc) is 2.71. The number of hydrogen-bond donors (Lipinski definition) is 0. The highest BCUT2D eigenvalue weighted by atomic mass is 19.1. The third-order valence-corrected chi connectivity index (χ3v) is 3.57. The van der Waals surface area contributed by atoms with E-state index in [1.54, 1.807) is 0 Å². The number of benzene rings is 1. The molecule has 0 saturated carbocycles. The van der Waals surface area contributed by atoms with Gasteiger partial charge in [-0.1, -0.05) is 0 Å². The van der Waals surface area contributed by atoms with Gasteiger partial charge in [0.2, 0.25) is 0 Å². The topological polar surface area (TPSA) is 21.1 Å². The van der Waals surface area contributed by atoms with Crippen LogP contribution in [0.3, 0.4) is 0 Å². The second-order valence-electron chi connectivity index (χ2n) is 5.58. The first-order valence-electron chi connectivity index (χ1n) is 6.75. The van der Waals surface area contributed by atoms with Crippen molar-refractivity contribution >= 4 is 0 Å². The van der Waals surface area contributed by atoms with Gasteiger partial charge in [-0.3, -0.25) is 9.58 Å². The van der Waals surface area contributed by atoms with E-state index in [2.05, 4.69) is 10.00 Å². The average molecular weight is 277 g/mol. The Morgan fingerprint density at radius 1 is 1.20 bits per heavy atom. The van der Waals surface area contributed by atoms with Crippen LogP contribution in [0.15, 0.2) is 30.6 Å². The van der Waals surface area contributed by atoms with Crippen molar-refractivity contribution in [2.45, 2.75) is 20.0 Å². The van der Waals surface area contributed by atoms with Crippen LogP contribution in [0.1, 0.15) is 11.1 Å². The molecule has 2 aromatic rings. The number of aromatic nitrogens is 2. The second-order valence-corrected chi connectivity index (χ2v) is 5.58. The van der Waals surface area contributed by atoms with E-state index in [1.807, 2.05) is 24.0 Å². The molecule has 0 aliphatic carbocycles. The predicted octanol–water partition coefficient (Wildman–Crippen LogP) is 2.60. The van der Waals surface area contributed by atoms with E-state index in [1.165, 1.54) is 12.1 Å². The predicted molar refractivity (Wildman–Crippen MR) is 72.1 cm³/mol.